The molecule has 3 amide bonds. The van der Waals surface area contributed by atoms with Crippen molar-refractivity contribution in [2.45, 2.75) is 69.4 Å². The first-order valence-electron chi connectivity index (χ1n) is 13.9. The maximum atomic E-state index is 13.5. The number of aliphatic hydroxyl groups is 1. The van der Waals surface area contributed by atoms with Gasteiger partial charge in [-0.05, 0) is 61.1 Å². The van der Waals surface area contributed by atoms with Crippen molar-refractivity contribution in [3.8, 4) is 17.2 Å². The molecule has 0 aliphatic carbocycles. The molecule has 2 aliphatic rings. The van der Waals surface area contributed by atoms with Crippen LogP contribution in [-0.4, -0.2) is 60.7 Å². The summed E-state index contributed by atoms with van der Waals surface area (Å²) >= 11 is 0. The third-order valence-corrected chi connectivity index (χ3v) is 7.59. The van der Waals surface area contributed by atoms with E-state index in [0.29, 0.717) is 61.7 Å². The molecule has 2 aromatic rings. The van der Waals surface area contributed by atoms with Crippen LogP contribution in [0.25, 0.3) is 0 Å². The van der Waals surface area contributed by atoms with Crippen molar-refractivity contribution in [1.82, 2.24) is 10.2 Å². The SMILES string of the molecule is CCCc1cc(C(O)(C(F)(F)F)C(F)(F)F)ccc1OCCCCN1C(=O)NC(CC)(c2ccc3c(c2)OCCO3)C1=O. The van der Waals surface area contributed by atoms with E-state index in [-0.39, 0.29) is 37.3 Å². The van der Waals surface area contributed by atoms with Crippen molar-refractivity contribution in [2.75, 3.05) is 26.4 Å². The normalized spacial score (nSPS) is 19.0. The average molecular weight is 619 g/mol. The summed E-state index contributed by atoms with van der Waals surface area (Å²) in [7, 11) is 0. The van der Waals surface area contributed by atoms with E-state index in [2.05, 4.69) is 5.32 Å². The van der Waals surface area contributed by atoms with E-state index in [1.165, 1.54) is 0 Å². The van der Waals surface area contributed by atoms with Gasteiger partial charge in [-0.15, -0.1) is 0 Å². The molecule has 1 fully saturated rings. The lowest BCUT2D eigenvalue weighted by Crippen LogP contribution is -2.53. The highest BCUT2D eigenvalue weighted by Crippen LogP contribution is 2.50. The number of carbonyl (C=O) groups excluding carboxylic acids is 2. The quantitative estimate of drug-likeness (QED) is 0.190. The first kappa shape index (κ1) is 32.2. The van der Waals surface area contributed by atoms with Gasteiger partial charge >= 0.3 is 18.4 Å². The van der Waals surface area contributed by atoms with Gasteiger partial charge in [0.1, 0.15) is 24.5 Å². The fraction of sp³-hybridized carbons (Fsp3) is 0.517. The Labute approximate surface area is 243 Å². The molecule has 43 heavy (non-hydrogen) atoms. The van der Waals surface area contributed by atoms with Gasteiger partial charge in [0.15, 0.2) is 11.5 Å². The molecule has 8 nitrogen and oxygen atoms in total. The number of benzene rings is 2. The number of unbranched alkanes of at least 4 members (excludes halogenated alkanes) is 1. The number of urea groups is 1. The van der Waals surface area contributed by atoms with Crippen LogP contribution in [0.1, 0.15) is 56.2 Å². The van der Waals surface area contributed by atoms with Crippen LogP contribution in [0.2, 0.25) is 0 Å². The number of imide groups is 1. The Kier molecular flexibility index (Phi) is 9.10. The van der Waals surface area contributed by atoms with Crippen molar-refractivity contribution in [1.29, 1.82) is 0 Å². The van der Waals surface area contributed by atoms with Crippen molar-refractivity contribution in [3.63, 3.8) is 0 Å². The van der Waals surface area contributed by atoms with Crippen LogP contribution >= 0.6 is 0 Å². The molecule has 1 saturated heterocycles. The number of nitrogens with one attached hydrogen (secondary N) is 1. The van der Waals surface area contributed by atoms with E-state index in [1.807, 2.05) is 0 Å². The van der Waals surface area contributed by atoms with Gasteiger partial charge in [0.05, 0.1) is 6.61 Å². The number of carbonyl (C=O) groups is 2. The number of aryl methyl sites for hydroxylation is 1. The molecule has 0 aromatic heterocycles. The number of alkyl halides is 6. The first-order valence-corrected chi connectivity index (χ1v) is 13.9. The summed E-state index contributed by atoms with van der Waals surface area (Å²) in [5.74, 6) is 0.672. The Balaban J connectivity index is 1.40. The van der Waals surface area contributed by atoms with Crippen LogP contribution in [0, 0.1) is 0 Å². The third kappa shape index (κ3) is 5.93. The van der Waals surface area contributed by atoms with Crippen LogP contribution in [0.3, 0.4) is 0 Å². The lowest BCUT2D eigenvalue weighted by molar-refractivity contribution is -0.376. The predicted octanol–water partition coefficient (Wildman–Crippen LogP) is 5.74. The summed E-state index contributed by atoms with van der Waals surface area (Å²) in [5.41, 5.74) is -7.03. The van der Waals surface area contributed by atoms with E-state index >= 15 is 0 Å². The highest BCUT2D eigenvalue weighted by atomic mass is 19.4. The van der Waals surface area contributed by atoms with Gasteiger partial charge < -0.3 is 24.6 Å². The lowest BCUT2D eigenvalue weighted by atomic mass is 9.87. The Hall–Kier alpha value is -3.68. The summed E-state index contributed by atoms with van der Waals surface area (Å²) in [6, 6.07) is 6.69. The van der Waals surface area contributed by atoms with Crippen LogP contribution in [-0.2, 0) is 22.4 Å². The second-order valence-corrected chi connectivity index (χ2v) is 10.3. The number of fused-ring (bicyclic) bond motifs is 1. The monoisotopic (exact) mass is 618 g/mol. The van der Waals surface area contributed by atoms with Gasteiger partial charge in [0.2, 0.25) is 0 Å². The summed E-state index contributed by atoms with van der Waals surface area (Å²) in [4.78, 5) is 27.4. The fourth-order valence-corrected chi connectivity index (χ4v) is 5.23. The number of hydrogen-bond acceptors (Lipinski definition) is 6. The van der Waals surface area contributed by atoms with Crippen molar-refractivity contribution < 1.29 is 55.2 Å². The zero-order valence-electron chi connectivity index (χ0n) is 23.5. The number of halogens is 6. The summed E-state index contributed by atoms with van der Waals surface area (Å²) < 4.78 is 96.9. The molecule has 2 N–H and O–H groups in total. The largest absolute Gasteiger partial charge is 0.493 e. The molecule has 2 heterocycles. The third-order valence-electron chi connectivity index (χ3n) is 7.59. The number of amides is 3. The topological polar surface area (TPSA) is 97.3 Å². The molecule has 14 heteroatoms. The molecular formula is C29H32F6N2O6. The van der Waals surface area contributed by atoms with E-state index in [4.69, 9.17) is 14.2 Å². The Bertz CT molecular complexity index is 1330. The van der Waals surface area contributed by atoms with Gasteiger partial charge in [-0.2, -0.15) is 26.3 Å². The fourth-order valence-electron chi connectivity index (χ4n) is 5.23. The number of rotatable bonds is 11. The van der Waals surface area contributed by atoms with Crippen molar-refractivity contribution in [2.24, 2.45) is 0 Å². The predicted molar refractivity (Wildman–Crippen MR) is 141 cm³/mol. The van der Waals surface area contributed by atoms with E-state index in [1.54, 1.807) is 32.0 Å². The molecule has 1 atom stereocenters. The molecule has 0 saturated carbocycles. The number of nitrogens with zero attached hydrogens (tertiary/aromatic N) is 1. The summed E-state index contributed by atoms with van der Waals surface area (Å²) in [5, 5.41) is 12.5. The van der Waals surface area contributed by atoms with Crippen molar-refractivity contribution in [3.05, 3.63) is 53.1 Å². The average Bonchev–Trinajstić information content (AvgIpc) is 3.21. The smallest absolute Gasteiger partial charge is 0.430 e. The van der Waals surface area contributed by atoms with Gasteiger partial charge in [0.25, 0.3) is 11.5 Å². The Morgan fingerprint density at radius 3 is 2.26 bits per heavy atom. The molecule has 236 valence electrons. The lowest BCUT2D eigenvalue weighted by Gasteiger charge is -2.33. The summed E-state index contributed by atoms with van der Waals surface area (Å²) in [6.07, 6.45) is -10.6. The molecule has 2 aliphatic heterocycles. The van der Waals surface area contributed by atoms with E-state index < -0.39 is 41.0 Å². The van der Waals surface area contributed by atoms with Gasteiger partial charge in [-0.1, -0.05) is 32.4 Å². The zero-order valence-corrected chi connectivity index (χ0v) is 23.5. The van der Waals surface area contributed by atoms with Crippen molar-refractivity contribution >= 4 is 11.9 Å². The maximum absolute atomic E-state index is 13.5. The minimum absolute atomic E-state index is 0.0175. The highest BCUT2D eigenvalue weighted by Gasteiger charge is 2.71. The van der Waals surface area contributed by atoms with Crippen LogP contribution in [0.5, 0.6) is 17.2 Å². The minimum Gasteiger partial charge on any atom is -0.493 e. The molecular weight excluding hydrogens is 586 g/mol. The van der Waals surface area contributed by atoms with E-state index in [0.717, 1.165) is 11.0 Å². The first-order chi connectivity index (χ1) is 20.2. The van der Waals surface area contributed by atoms with Crippen LogP contribution < -0.4 is 19.5 Å². The molecule has 0 bridgehead atoms. The molecule has 4 rings (SSSR count). The maximum Gasteiger partial charge on any atom is 0.430 e. The van der Waals surface area contributed by atoms with Gasteiger partial charge in [-0.3, -0.25) is 9.69 Å². The standard InChI is InChI=1S/C29H32F6N2O6/c1-3-7-18-16-20(27(40,28(30,31)32)29(33,34)35)9-10-21(18)41-13-6-5-12-37-24(38)26(4-2,36-25(37)39)19-8-11-22-23(17-19)43-15-14-42-22/h8-11,16-17,40H,3-7,12-15H2,1-2H3,(H,36,39). The number of hydrogen-bond donors (Lipinski definition) is 2. The molecule has 0 spiro atoms. The minimum atomic E-state index is -5.99. The second kappa shape index (κ2) is 12.1. The van der Waals surface area contributed by atoms with Crippen LogP contribution in [0.15, 0.2) is 36.4 Å². The Morgan fingerprint density at radius 1 is 0.953 bits per heavy atom. The second-order valence-electron chi connectivity index (χ2n) is 10.3. The highest BCUT2D eigenvalue weighted by molar-refractivity contribution is 6.07. The van der Waals surface area contributed by atoms with Crippen LogP contribution in [0.4, 0.5) is 31.1 Å². The number of ether oxygens (including phenoxy) is 3. The Morgan fingerprint density at radius 2 is 1.63 bits per heavy atom. The molecule has 0 radical (unpaired) electrons. The molecule has 2 aromatic carbocycles. The van der Waals surface area contributed by atoms with Gasteiger partial charge in [0, 0.05) is 12.1 Å². The zero-order chi connectivity index (χ0) is 31.6. The summed E-state index contributed by atoms with van der Waals surface area (Å²) in [6.45, 7) is 4.31. The molecule has 1 unspecified atom stereocenters. The van der Waals surface area contributed by atoms with E-state index in [9.17, 15) is 41.0 Å². The van der Waals surface area contributed by atoms with Gasteiger partial charge in [-0.25, -0.2) is 4.79 Å².